The first-order chi connectivity index (χ1) is 6.97. The molecule has 1 nitrogen and oxygen atoms in total. The van der Waals surface area contributed by atoms with Crippen molar-refractivity contribution in [2.75, 3.05) is 6.54 Å². The first-order valence-electron chi connectivity index (χ1n) is 5.77. The van der Waals surface area contributed by atoms with Crippen LogP contribution in [-0.2, 0) is 5.54 Å². The van der Waals surface area contributed by atoms with Crippen molar-refractivity contribution in [3.63, 3.8) is 0 Å². The van der Waals surface area contributed by atoms with Crippen LogP contribution in [0.2, 0.25) is 0 Å². The standard InChI is InChI=1S/C13H21NS/c1-10-6-9-15-11(10)13(12(2,3)4)7-5-8-14-13/h6,9,14H,5,7-8H2,1-4H3. The van der Waals surface area contributed by atoms with Crippen LogP contribution in [0.5, 0.6) is 0 Å². The average molecular weight is 223 g/mol. The zero-order valence-corrected chi connectivity index (χ0v) is 11.0. The smallest absolute Gasteiger partial charge is 0.0580 e. The van der Waals surface area contributed by atoms with E-state index in [0.717, 1.165) is 6.54 Å². The Morgan fingerprint density at radius 3 is 2.53 bits per heavy atom. The minimum atomic E-state index is 0.214. The number of rotatable bonds is 1. The highest BCUT2D eigenvalue weighted by molar-refractivity contribution is 7.10. The lowest BCUT2D eigenvalue weighted by atomic mass is 9.71. The highest BCUT2D eigenvalue weighted by Crippen LogP contribution is 2.48. The summed E-state index contributed by atoms with van der Waals surface area (Å²) < 4.78 is 0. The minimum absolute atomic E-state index is 0.214. The van der Waals surface area contributed by atoms with Crippen LogP contribution in [0.25, 0.3) is 0 Å². The fourth-order valence-corrected chi connectivity index (χ4v) is 4.07. The molecule has 1 aromatic heterocycles. The molecule has 2 heteroatoms. The highest BCUT2D eigenvalue weighted by Gasteiger charge is 2.46. The number of hydrogen-bond acceptors (Lipinski definition) is 2. The SMILES string of the molecule is Cc1ccsc1C1(C(C)(C)C)CCCN1. The van der Waals surface area contributed by atoms with Gasteiger partial charge in [-0.2, -0.15) is 0 Å². The third-order valence-corrected chi connectivity index (χ3v) is 4.86. The molecule has 0 aliphatic carbocycles. The zero-order chi connectivity index (χ0) is 11.1. The molecule has 1 fully saturated rings. The van der Waals surface area contributed by atoms with E-state index in [4.69, 9.17) is 0 Å². The van der Waals surface area contributed by atoms with Crippen molar-refractivity contribution < 1.29 is 0 Å². The van der Waals surface area contributed by atoms with Gasteiger partial charge in [0.1, 0.15) is 0 Å². The first-order valence-corrected chi connectivity index (χ1v) is 6.65. The molecule has 0 radical (unpaired) electrons. The van der Waals surface area contributed by atoms with Gasteiger partial charge in [0.15, 0.2) is 0 Å². The van der Waals surface area contributed by atoms with Crippen molar-refractivity contribution in [2.45, 2.75) is 46.1 Å². The van der Waals surface area contributed by atoms with E-state index in [-0.39, 0.29) is 5.54 Å². The van der Waals surface area contributed by atoms with E-state index in [1.165, 1.54) is 18.4 Å². The molecule has 84 valence electrons. The van der Waals surface area contributed by atoms with Gasteiger partial charge in [0, 0.05) is 4.88 Å². The first kappa shape index (κ1) is 11.2. The van der Waals surface area contributed by atoms with Crippen LogP contribution >= 0.6 is 11.3 Å². The molecular weight excluding hydrogens is 202 g/mol. The van der Waals surface area contributed by atoms with Crippen molar-refractivity contribution in [1.29, 1.82) is 0 Å². The van der Waals surface area contributed by atoms with E-state index >= 15 is 0 Å². The number of aryl methyl sites for hydroxylation is 1. The third-order valence-electron chi connectivity index (χ3n) is 3.69. The van der Waals surface area contributed by atoms with Crippen LogP contribution in [0.1, 0.15) is 44.1 Å². The summed E-state index contributed by atoms with van der Waals surface area (Å²) in [6.45, 7) is 10.5. The second kappa shape index (κ2) is 3.60. The molecule has 1 aliphatic heterocycles. The van der Waals surface area contributed by atoms with Gasteiger partial charge in [-0.3, -0.25) is 0 Å². The third kappa shape index (κ3) is 1.64. The summed E-state index contributed by atoms with van der Waals surface area (Å²) in [6, 6.07) is 2.24. The van der Waals surface area contributed by atoms with Crippen molar-refractivity contribution in [2.24, 2.45) is 5.41 Å². The lowest BCUT2D eigenvalue weighted by molar-refractivity contribution is 0.164. The molecule has 0 spiro atoms. The van der Waals surface area contributed by atoms with Gasteiger partial charge in [-0.15, -0.1) is 11.3 Å². The fourth-order valence-electron chi connectivity index (χ4n) is 2.73. The number of thiophene rings is 1. The Morgan fingerprint density at radius 2 is 2.13 bits per heavy atom. The van der Waals surface area contributed by atoms with E-state index in [2.05, 4.69) is 44.5 Å². The van der Waals surface area contributed by atoms with Gasteiger partial charge >= 0.3 is 0 Å². The van der Waals surface area contributed by atoms with Crippen LogP contribution in [0, 0.1) is 12.3 Å². The summed E-state index contributed by atoms with van der Waals surface area (Å²) >= 11 is 1.91. The van der Waals surface area contributed by atoms with Crippen molar-refractivity contribution >= 4 is 11.3 Å². The van der Waals surface area contributed by atoms with Gasteiger partial charge in [-0.1, -0.05) is 20.8 Å². The van der Waals surface area contributed by atoms with E-state index < -0.39 is 0 Å². The maximum Gasteiger partial charge on any atom is 0.0580 e. The molecular formula is C13H21NS. The molecule has 0 aromatic carbocycles. The van der Waals surface area contributed by atoms with Crippen LogP contribution in [0.3, 0.4) is 0 Å². The average Bonchev–Trinajstić information content (AvgIpc) is 2.70. The lowest BCUT2D eigenvalue weighted by Gasteiger charge is -2.42. The molecule has 1 aliphatic rings. The van der Waals surface area contributed by atoms with Crippen molar-refractivity contribution in [3.05, 3.63) is 21.9 Å². The van der Waals surface area contributed by atoms with Crippen LogP contribution in [-0.4, -0.2) is 6.54 Å². The fraction of sp³-hybridized carbons (Fsp3) is 0.692. The van der Waals surface area contributed by atoms with E-state index in [1.807, 2.05) is 11.3 Å². The topological polar surface area (TPSA) is 12.0 Å². The molecule has 2 heterocycles. The summed E-state index contributed by atoms with van der Waals surface area (Å²) in [6.07, 6.45) is 2.58. The maximum absolute atomic E-state index is 3.76. The summed E-state index contributed by atoms with van der Waals surface area (Å²) in [5, 5.41) is 5.98. The molecule has 0 amide bonds. The van der Waals surface area contributed by atoms with E-state index in [0.29, 0.717) is 5.41 Å². The lowest BCUT2D eigenvalue weighted by Crippen LogP contribution is -2.47. The molecule has 0 bridgehead atoms. The maximum atomic E-state index is 3.76. The monoisotopic (exact) mass is 223 g/mol. The minimum Gasteiger partial charge on any atom is -0.306 e. The van der Waals surface area contributed by atoms with Crippen LogP contribution in [0.4, 0.5) is 0 Å². The Labute approximate surface area is 96.9 Å². The number of hydrogen-bond donors (Lipinski definition) is 1. The zero-order valence-electron chi connectivity index (χ0n) is 10.2. The van der Waals surface area contributed by atoms with Gasteiger partial charge in [-0.05, 0) is 48.7 Å². The molecule has 1 aromatic rings. The summed E-state index contributed by atoms with van der Waals surface area (Å²) in [5.74, 6) is 0. The highest BCUT2D eigenvalue weighted by atomic mass is 32.1. The molecule has 1 saturated heterocycles. The van der Waals surface area contributed by atoms with Gasteiger partial charge in [0.2, 0.25) is 0 Å². The predicted octanol–water partition coefficient (Wildman–Crippen LogP) is 3.68. The Bertz CT molecular complexity index is 340. The normalized spacial score (nSPS) is 27.2. The van der Waals surface area contributed by atoms with Gasteiger partial charge in [-0.25, -0.2) is 0 Å². The summed E-state index contributed by atoms with van der Waals surface area (Å²) in [7, 11) is 0. The Balaban J connectivity index is 2.49. The largest absolute Gasteiger partial charge is 0.306 e. The second-order valence-corrected chi connectivity index (χ2v) is 6.53. The Hall–Kier alpha value is -0.340. The predicted molar refractivity (Wildman–Crippen MR) is 67.4 cm³/mol. The van der Waals surface area contributed by atoms with Crippen molar-refractivity contribution in [3.8, 4) is 0 Å². The van der Waals surface area contributed by atoms with E-state index in [9.17, 15) is 0 Å². The quantitative estimate of drug-likeness (QED) is 0.766. The van der Waals surface area contributed by atoms with Crippen LogP contribution in [0.15, 0.2) is 11.4 Å². The molecule has 1 atom stereocenters. The van der Waals surface area contributed by atoms with Gasteiger partial charge in [0.25, 0.3) is 0 Å². The Kier molecular flexibility index (Phi) is 2.68. The molecule has 0 saturated carbocycles. The van der Waals surface area contributed by atoms with E-state index in [1.54, 1.807) is 4.88 Å². The molecule has 1 unspecified atom stereocenters. The van der Waals surface area contributed by atoms with Crippen molar-refractivity contribution in [1.82, 2.24) is 5.32 Å². The molecule has 15 heavy (non-hydrogen) atoms. The Morgan fingerprint density at radius 1 is 1.40 bits per heavy atom. The number of nitrogens with one attached hydrogen (secondary N) is 1. The summed E-state index contributed by atoms with van der Waals surface area (Å²) in [4.78, 5) is 1.55. The van der Waals surface area contributed by atoms with Gasteiger partial charge in [0.05, 0.1) is 5.54 Å². The van der Waals surface area contributed by atoms with Gasteiger partial charge < -0.3 is 5.32 Å². The molecule has 1 N–H and O–H groups in total. The summed E-state index contributed by atoms with van der Waals surface area (Å²) in [5.41, 5.74) is 1.95. The van der Waals surface area contributed by atoms with Crippen LogP contribution < -0.4 is 5.32 Å². The molecule has 2 rings (SSSR count). The second-order valence-electron chi connectivity index (χ2n) is 5.62.